The molecule has 3 aromatic rings. The number of H-pyrrole nitrogens is 1. The minimum atomic E-state index is -4.38. The molecule has 2 aromatic heterocycles. The van der Waals surface area contributed by atoms with Gasteiger partial charge in [-0.2, -0.15) is 17.8 Å². The van der Waals surface area contributed by atoms with Crippen molar-refractivity contribution in [2.45, 2.75) is 37.3 Å². The third-order valence-electron chi connectivity index (χ3n) is 6.14. The van der Waals surface area contributed by atoms with Gasteiger partial charge in [0.1, 0.15) is 17.1 Å². The Morgan fingerprint density at radius 1 is 1.03 bits per heavy atom. The van der Waals surface area contributed by atoms with E-state index >= 15 is 0 Å². The molecule has 1 aromatic carbocycles. The molecule has 0 amide bonds. The van der Waals surface area contributed by atoms with Gasteiger partial charge in [0.2, 0.25) is 10.0 Å². The molecule has 0 atom stereocenters. The van der Waals surface area contributed by atoms with Crippen molar-refractivity contribution in [2.24, 2.45) is 7.05 Å². The van der Waals surface area contributed by atoms with Crippen molar-refractivity contribution in [3.63, 3.8) is 0 Å². The van der Waals surface area contributed by atoms with E-state index in [1.54, 1.807) is 14.0 Å². The molecule has 208 valence electrons. The number of aromatic amines is 1. The summed E-state index contributed by atoms with van der Waals surface area (Å²) >= 11 is 0. The highest BCUT2D eigenvalue weighted by atomic mass is 32.2. The van der Waals surface area contributed by atoms with Crippen molar-refractivity contribution in [1.29, 1.82) is 0 Å². The van der Waals surface area contributed by atoms with Gasteiger partial charge in [-0.05, 0) is 32.5 Å². The van der Waals surface area contributed by atoms with Crippen molar-refractivity contribution in [1.82, 2.24) is 29.0 Å². The Bertz CT molecular complexity index is 1590. The number of aryl methyl sites for hydroxylation is 2. The standard InChI is InChI=1S/C23H32N6O7S2/c1-5-7-17-21-22(28(4)26-17)23(30)25-20(24-21)15-37(31,32)36-19-14-16(8-9-18(19)35-6-2)38(33,34)29-12-10-27(3)11-13-29/h8-9,14H,5-7,10-13,15H2,1-4H3,(H,24,25,30). The van der Waals surface area contributed by atoms with E-state index in [4.69, 9.17) is 8.92 Å². The number of ether oxygens (including phenoxy) is 1. The number of fused-ring (bicyclic) bond motifs is 1. The zero-order valence-electron chi connectivity index (χ0n) is 21.8. The summed E-state index contributed by atoms with van der Waals surface area (Å²) in [5, 5.41) is 4.33. The molecule has 1 aliphatic heterocycles. The van der Waals surface area contributed by atoms with E-state index in [9.17, 15) is 21.6 Å². The van der Waals surface area contributed by atoms with E-state index in [0.29, 0.717) is 43.8 Å². The Kier molecular flexibility index (Phi) is 8.11. The van der Waals surface area contributed by atoms with E-state index in [1.165, 1.54) is 21.1 Å². The SMILES string of the molecule is CCCc1nn(C)c2c(=O)[nH]c(CS(=O)(=O)Oc3cc(S(=O)(=O)N4CCN(C)CC4)ccc3OCC)nc12. The van der Waals surface area contributed by atoms with Crippen LogP contribution in [0.5, 0.6) is 11.5 Å². The van der Waals surface area contributed by atoms with Crippen LogP contribution in [0.2, 0.25) is 0 Å². The number of nitrogens with zero attached hydrogens (tertiary/aromatic N) is 5. The predicted molar refractivity (Wildman–Crippen MR) is 140 cm³/mol. The van der Waals surface area contributed by atoms with Crippen LogP contribution in [-0.4, -0.2) is 85.6 Å². The van der Waals surface area contributed by atoms with Gasteiger partial charge in [0, 0.05) is 39.3 Å². The van der Waals surface area contributed by atoms with Crippen LogP contribution in [0, 0.1) is 0 Å². The molecule has 0 radical (unpaired) electrons. The van der Waals surface area contributed by atoms with Crippen molar-refractivity contribution in [2.75, 3.05) is 39.8 Å². The van der Waals surface area contributed by atoms with Gasteiger partial charge in [-0.3, -0.25) is 9.48 Å². The maximum Gasteiger partial charge on any atom is 0.316 e. The Morgan fingerprint density at radius 2 is 1.74 bits per heavy atom. The summed E-state index contributed by atoms with van der Waals surface area (Å²) in [5.74, 6) is -1.06. The Hall–Kier alpha value is -3.01. The monoisotopic (exact) mass is 568 g/mol. The van der Waals surface area contributed by atoms with E-state index in [1.807, 2.05) is 18.9 Å². The minimum absolute atomic E-state index is 0.0720. The van der Waals surface area contributed by atoms with Gasteiger partial charge in [-0.25, -0.2) is 13.4 Å². The maximum absolute atomic E-state index is 13.2. The molecule has 1 fully saturated rings. The zero-order valence-corrected chi connectivity index (χ0v) is 23.4. The topological polar surface area (TPSA) is 157 Å². The van der Waals surface area contributed by atoms with Gasteiger partial charge in [-0.1, -0.05) is 13.3 Å². The van der Waals surface area contributed by atoms with Gasteiger partial charge in [0.05, 0.1) is 17.2 Å². The maximum atomic E-state index is 13.2. The van der Waals surface area contributed by atoms with Gasteiger partial charge in [-0.15, -0.1) is 0 Å². The lowest BCUT2D eigenvalue weighted by Gasteiger charge is -2.31. The molecule has 0 bridgehead atoms. The molecule has 3 heterocycles. The first-order chi connectivity index (χ1) is 17.9. The van der Waals surface area contributed by atoms with Crippen molar-refractivity contribution < 1.29 is 25.8 Å². The lowest BCUT2D eigenvalue weighted by atomic mass is 10.2. The molecule has 4 rings (SSSR count). The second-order valence-corrected chi connectivity index (χ2v) is 12.6. The Morgan fingerprint density at radius 3 is 2.39 bits per heavy atom. The lowest BCUT2D eigenvalue weighted by Crippen LogP contribution is -2.47. The summed E-state index contributed by atoms with van der Waals surface area (Å²) in [6.45, 7) is 5.67. The van der Waals surface area contributed by atoms with Gasteiger partial charge < -0.3 is 18.8 Å². The highest BCUT2D eigenvalue weighted by Crippen LogP contribution is 2.33. The number of rotatable bonds is 10. The van der Waals surface area contributed by atoms with Crippen LogP contribution in [0.25, 0.3) is 11.0 Å². The normalized spacial score (nSPS) is 15.7. The van der Waals surface area contributed by atoms with Crippen LogP contribution in [0.3, 0.4) is 0 Å². The number of sulfonamides is 1. The highest BCUT2D eigenvalue weighted by molar-refractivity contribution is 7.89. The van der Waals surface area contributed by atoms with E-state index in [2.05, 4.69) is 15.1 Å². The highest BCUT2D eigenvalue weighted by Gasteiger charge is 2.29. The molecular weight excluding hydrogens is 536 g/mol. The fourth-order valence-electron chi connectivity index (χ4n) is 4.27. The Labute approximate surface area is 221 Å². The molecule has 0 unspecified atom stereocenters. The molecule has 1 saturated heterocycles. The summed E-state index contributed by atoms with van der Waals surface area (Å²) in [6.07, 6.45) is 1.34. The van der Waals surface area contributed by atoms with E-state index < -0.39 is 31.5 Å². The van der Waals surface area contributed by atoms with Crippen LogP contribution < -0.4 is 14.5 Å². The third kappa shape index (κ3) is 5.85. The minimum Gasteiger partial charge on any atom is -0.490 e. The van der Waals surface area contributed by atoms with Crippen LogP contribution in [0.1, 0.15) is 31.8 Å². The first-order valence-electron chi connectivity index (χ1n) is 12.3. The molecule has 0 aliphatic carbocycles. The van der Waals surface area contributed by atoms with Crippen LogP contribution >= 0.6 is 0 Å². The number of hydrogen-bond donors (Lipinski definition) is 1. The molecule has 38 heavy (non-hydrogen) atoms. The van der Waals surface area contributed by atoms with Gasteiger partial charge in [0.25, 0.3) is 5.56 Å². The van der Waals surface area contributed by atoms with E-state index in [0.717, 1.165) is 12.5 Å². The molecule has 1 N–H and O–H groups in total. The summed E-state index contributed by atoms with van der Waals surface area (Å²) < 4.78 is 66.2. The van der Waals surface area contributed by atoms with Crippen LogP contribution in [-0.2, 0) is 39.4 Å². The predicted octanol–water partition coefficient (Wildman–Crippen LogP) is 0.853. The number of aromatic nitrogens is 4. The summed E-state index contributed by atoms with van der Waals surface area (Å²) in [4.78, 5) is 21.4. The van der Waals surface area contributed by atoms with Crippen LogP contribution in [0.15, 0.2) is 27.9 Å². The third-order valence-corrected chi connectivity index (χ3v) is 9.10. The van der Waals surface area contributed by atoms with Crippen molar-refractivity contribution in [3.05, 3.63) is 40.1 Å². The number of likely N-dealkylation sites (N-methyl/N-ethyl adjacent to an activating group) is 1. The summed E-state index contributed by atoms with van der Waals surface area (Å²) in [7, 11) is -4.73. The quantitative estimate of drug-likeness (QED) is 0.348. The molecule has 0 spiro atoms. The number of hydrogen-bond acceptors (Lipinski definition) is 10. The number of piperazine rings is 1. The Balaban J connectivity index is 1.65. The van der Waals surface area contributed by atoms with E-state index in [-0.39, 0.29) is 34.3 Å². The zero-order chi connectivity index (χ0) is 27.7. The van der Waals surface area contributed by atoms with Crippen LogP contribution in [0.4, 0.5) is 0 Å². The first kappa shape index (κ1) is 28.0. The summed E-state index contributed by atoms with van der Waals surface area (Å²) in [5.41, 5.74) is 0.651. The molecular formula is C23H32N6O7S2. The fraction of sp³-hybridized carbons (Fsp3) is 0.522. The first-order valence-corrected chi connectivity index (χ1v) is 15.3. The molecule has 0 saturated carbocycles. The molecule has 1 aliphatic rings. The lowest BCUT2D eigenvalue weighted by molar-refractivity contribution is 0.222. The number of benzene rings is 1. The number of nitrogens with one attached hydrogen (secondary N) is 1. The second-order valence-electron chi connectivity index (χ2n) is 9.06. The summed E-state index contributed by atoms with van der Waals surface area (Å²) in [6, 6.07) is 3.88. The largest absolute Gasteiger partial charge is 0.490 e. The van der Waals surface area contributed by atoms with Gasteiger partial charge >= 0.3 is 10.1 Å². The smallest absolute Gasteiger partial charge is 0.316 e. The molecule has 13 nitrogen and oxygen atoms in total. The van der Waals surface area contributed by atoms with Crippen molar-refractivity contribution >= 4 is 31.2 Å². The average molecular weight is 569 g/mol. The average Bonchev–Trinajstić information content (AvgIpc) is 3.15. The molecule has 15 heteroatoms. The van der Waals surface area contributed by atoms with Gasteiger partial charge in [0.15, 0.2) is 17.0 Å². The fourth-order valence-corrected chi connectivity index (χ4v) is 6.64. The van der Waals surface area contributed by atoms with Crippen molar-refractivity contribution in [3.8, 4) is 11.5 Å². The second kappa shape index (κ2) is 11.0.